The fourth-order valence-corrected chi connectivity index (χ4v) is 2.30. The minimum atomic E-state index is 0.183. The summed E-state index contributed by atoms with van der Waals surface area (Å²) >= 11 is 0. The molecule has 3 rings (SSSR count). The van der Waals surface area contributed by atoms with Gasteiger partial charge in [-0.25, -0.2) is 0 Å². The van der Waals surface area contributed by atoms with E-state index in [2.05, 4.69) is 23.2 Å². The van der Waals surface area contributed by atoms with Gasteiger partial charge in [-0.15, -0.1) is 15.0 Å². The van der Waals surface area contributed by atoms with Gasteiger partial charge in [0.15, 0.2) is 0 Å². The fraction of sp³-hybridized carbons (Fsp3) is 0.250. The van der Waals surface area contributed by atoms with Gasteiger partial charge in [0.05, 0.1) is 0 Å². The number of unbranched alkanes of at least 4 members (excludes halogenated alkanes) is 1. The number of hydrogen-bond acceptors (Lipinski definition) is 3. The molecule has 0 radical (unpaired) electrons. The second-order valence-electron chi connectivity index (χ2n) is 4.87. The average molecular weight is 267 g/mol. The highest BCUT2D eigenvalue weighted by molar-refractivity contribution is 5.77. The van der Waals surface area contributed by atoms with E-state index in [0.29, 0.717) is 5.69 Å². The normalized spacial score (nSPS) is 11.1. The summed E-state index contributed by atoms with van der Waals surface area (Å²) in [7, 11) is 0. The molecule has 0 bridgehead atoms. The number of para-hydroxylation sites is 2. The van der Waals surface area contributed by atoms with E-state index in [9.17, 15) is 5.11 Å². The number of aromatic nitrogens is 3. The number of nitrogens with zero attached hydrogens (tertiary/aromatic N) is 3. The Balaban J connectivity index is 2.09. The molecular weight excluding hydrogens is 250 g/mol. The lowest BCUT2D eigenvalue weighted by Crippen LogP contribution is -1.98. The van der Waals surface area contributed by atoms with Crippen molar-refractivity contribution < 1.29 is 5.11 Å². The molecule has 0 spiro atoms. The van der Waals surface area contributed by atoms with Gasteiger partial charge >= 0.3 is 0 Å². The average Bonchev–Trinajstić information content (AvgIpc) is 2.89. The molecule has 0 atom stereocenters. The molecule has 0 aliphatic heterocycles. The van der Waals surface area contributed by atoms with Crippen molar-refractivity contribution in [3.63, 3.8) is 0 Å². The van der Waals surface area contributed by atoms with Crippen LogP contribution in [0.3, 0.4) is 0 Å². The fourth-order valence-electron chi connectivity index (χ4n) is 2.30. The second kappa shape index (κ2) is 5.33. The molecule has 20 heavy (non-hydrogen) atoms. The number of benzene rings is 2. The second-order valence-corrected chi connectivity index (χ2v) is 4.87. The molecule has 1 aromatic heterocycles. The van der Waals surface area contributed by atoms with Gasteiger partial charge < -0.3 is 5.11 Å². The zero-order chi connectivity index (χ0) is 13.9. The Bertz CT molecular complexity index is 733. The highest BCUT2D eigenvalue weighted by Gasteiger charge is 2.10. The summed E-state index contributed by atoms with van der Waals surface area (Å²) < 4.78 is 0. The van der Waals surface area contributed by atoms with E-state index in [1.165, 1.54) is 10.4 Å². The van der Waals surface area contributed by atoms with Crippen molar-refractivity contribution in [3.8, 4) is 11.4 Å². The van der Waals surface area contributed by atoms with E-state index in [1.54, 1.807) is 18.2 Å². The van der Waals surface area contributed by atoms with Crippen molar-refractivity contribution in [2.24, 2.45) is 0 Å². The first-order chi connectivity index (χ1) is 9.79. The number of phenols is 1. The Morgan fingerprint density at radius 1 is 1.05 bits per heavy atom. The molecule has 102 valence electrons. The molecule has 0 fully saturated rings. The molecule has 0 aliphatic rings. The molecule has 0 unspecified atom stereocenters. The first kappa shape index (κ1) is 12.7. The summed E-state index contributed by atoms with van der Waals surface area (Å²) in [4.78, 5) is 1.51. The summed E-state index contributed by atoms with van der Waals surface area (Å²) in [5, 5.41) is 18.9. The highest BCUT2D eigenvalue weighted by Crippen LogP contribution is 2.22. The van der Waals surface area contributed by atoms with Gasteiger partial charge in [0.25, 0.3) is 0 Å². The van der Waals surface area contributed by atoms with Gasteiger partial charge in [0.1, 0.15) is 22.5 Å². The molecule has 2 aromatic carbocycles. The van der Waals surface area contributed by atoms with E-state index < -0.39 is 0 Å². The van der Waals surface area contributed by atoms with E-state index in [1.807, 2.05) is 18.2 Å². The van der Waals surface area contributed by atoms with Gasteiger partial charge in [0, 0.05) is 0 Å². The number of aromatic hydroxyl groups is 1. The van der Waals surface area contributed by atoms with Crippen molar-refractivity contribution in [1.29, 1.82) is 0 Å². The zero-order valence-electron chi connectivity index (χ0n) is 11.5. The largest absolute Gasteiger partial charge is 0.506 e. The van der Waals surface area contributed by atoms with Crippen LogP contribution in [0.15, 0.2) is 42.5 Å². The highest BCUT2D eigenvalue weighted by atomic mass is 16.3. The zero-order valence-corrected chi connectivity index (χ0v) is 11.5. The van der Waals surface area contributed by atoms with Gasteiger partial charge in [-0.3, -0.25) is 0 Å². The molecule has 4 nitrogen and oxygen atoms in total. The van der Waals surface area contributed by atoms with Crippen molar-refractivity contribution in [3.05, 3.63) is 48.0 Å². The third-order valence-corrected chi connectivity index (χ3v) is 3.39. The maximum atomic E-state index is 9.90. The molecule has 0 saturated carbocycles. The molecule has 3 aromatic rings. The summed E-state index contributed by atoms with van der Waals surface area (Å²) in [6.45, 7) is 2.18. The van der Waals surface area contributed by atoms with Crippen LogP contribution in [0.25, 0.3) is 16.7 Å². The monoisotopic (exact) mass is 267 g/mol. The van der Waals surface area contributed by atoms with E-state index in [4.69, 9.17) is 0 Å². The summed E-state index contributed by atoms with van der Waals surface area (Å²) in [6.07, 6.45) is 3.31. The number of hydrogen-bond donors (Lipinski definition) is 1. The van der Waals surface area contributed by atoms with Gasteiger partial charge in [0.2, 0.25) is 0 Å². The predicted octanol–water partition coefficient (Wildman–Crippen LogP) is 3.47. The molecule has 4 heteroatoms. The van der Waals surface area contributed by atoms with E-state index in [-0.39, 0.29) is 5.75 Å². The van der Waals surface area contributed by atoms with Crippen LogP contribution in [0.4, 0.5) is 0 Å². The van der Waals surface area contributed by atoms with Crippen LogP contribution in [0, 0.1) is 0 Å². The van der Waals surface area contributed by atoms with Gasteiger partial charge in [-0.2, -0.15) is 0 Å². The molecule has 1 N–H and O–H groups in total. The van der Waals surface area contributed by atoms with Crippen LogP contribution in [0.5, 0.6) is 5.75 Å². The first-order valence-electron chi connectivity index (χ1n) is 6.93. The first-order valence-corrected chi connectivity index (χ1v) is 6.93. The molecule has 0 amide bonds. The molecule has 0 aliphatic carbocycles. The van der Waals surface area contributed by atoms with Crippen LogP contribution in [-0.2, 0) is 6.42 Å². The van der Waals surface area contributed by atoms with Crippen LogP contribution in [0.2, 0.25) is 0 Å². The maximum absolute atomic E-state index is 9.90. The lowest BCUT2D eigenvalue weighted by atomic mass is 10.1. The minimum Gasteiger partial charge on any atom is -0.506 e. The minimum absolute atomic E-state index is 0.183. The standard InChI is InChI=1S/C16H17N3O/c1-2-3-7-12-8-6-9-13-16(12)18-19(17-13)14-10-4-5-11-15(14)20/h4-6,8-11,20H,2-3,7H2,1H3. The van der Waals surface area contributed by atoms with Crippen LogP contribution in [0.1, 0.15) is 25.3 Å². The Morgan fingerprint density at radius 2 is 1.90 bits per heavy atom. The quantitative estimate of drug-likeness (QED) is 0.787. The van der Waals surface area contributed by atoms with Gasteiger partial charge in [-0.1, -0.05) is 37.6 Å². The number of rotatable bonds is 4. The Morgan fingerprint density at radius 3 is 2.70 bits per heavy atom. The van der Waals surface area contributed by atoms with Crippen LogP contribution >= 0.6 is 0 Å². The summed E-state index contributed by atoms with van der Waals surface area (Å²) in [5.74, 6) is 0.183. The van der Waals surface area contributed by atoms with Gasteiger partial charge in [-0.05, 0) is 36.6 Å². The lowest BCUT2D eigenvalue weighted by Gasteiger charge is -2.01. The van der Waals surface area contributed by atoms with Crippen molar-refractivity contribution >= 4 is 11.0 Å². The van der Waals surface area contributed by atoms with Crippen LogP contribution in [-0.4, -0.2) is 20.1 Å². The Labute approximate surface area is 117 Å². The Kier molecular flexibility index (Phi) is 3.37. The summed E-state index contributed by atoms with van der Waals surface area (Å²) in [5.41, 5.74) is 3.60. The third kappa shape index (κ3) is 2.25. The summed E-state index contributed by atoms with van der Waals surface area (Å²) in [6, 6.07) is 13.2. The lowest BCUT2D eigenvalue weighted by molar-refractivity contribution is 0.468. The topological polar surface area (TPSA) is 50.9 Å². The molecule has 0 saturated heterocycles. The predicted molar refractivity (Wildman–Crippen MR) is 79.1 cm³/mol. The molecular formula is C16H17N3O. The molecule has 1 heterocycles. The third-order valence-electron chi connectivity index (χ3n) is 3.39. The van der Waals surface area contributed by atoms with E-state index in [0.717, 1.165) is 30.3 Å². The smallest absolute Gasteiger partial charge is 0.143 e. The number of aryl methyl sites for hydroxylation is 1. The van der Waals surface area contributed by atoms with Crippen LogP contribution < -0.4 is 0 Å². The number of fused-ring (bicyclic) bond motifs is 1. The SMILES string of the molecule is CCCCc1cccc2nn(-c3ccccc3O)nc12. The van der Waals surface area contributed by atoms with E-state index >= 15 is 0 Å². The van der Waals surface area contributed by atoms with Crippen molar-refractivity contribution in [1.82, 2.24) is 15.0 Å². The van der Waals surface area contributed by atoms with Crippen molar-refractivity contribution in [2.75, 3.05) is 0 Å². The maximum Gasteiger partial charge on any atom is 0.143 e. The van der Waals surface area contributed by atoms with Crippen molar-refractivity contribution in [2.45, 2.75) is 26.2 Å². The Hall–Kier alpha value is -2.36. The number of phenolic OH excluding ortho intramolecular Hbond substituents is 1.